The zero-order chi connectivity index (χ0) is 25.6. The molecule has 38 heavy (non-hydrogen) atoms. The normalized spacial score (nSPS) is 13.1. The number of ether oxygens (including phenoxy) is 1. The second-order valence-corrected chi connectivity index (χ2v) is 9.18. The minimum atomic E-state index is -1.10. The largest absolute Gasteiger partial charge is 0.494 e. The summed E-state index contributed by atoms with van der Waals surface area (Å²) in [5.41, 5.74) is 4.21. The minimum Gasteiger partial charge on any atom is -0.494 e. The molecule has 2 aromatic heterocycles. The number of amides is 1. The van der Waals surface area contributed by atoms with Crippen LogP contribution in [0.5, 0.6) is 5.75 Å². The van der Waals surface area contributed by atoms with Crippen molar-refractivity contribution in [2.45, 2.75) is 38.1 Å². The zero-order valence-corrected chi connectivity index (χ0v) is 21.9. The van der Waals surface area contributed by atoms with E-state index in [-0.39, 0.29) is 19.9 Å². The number of aromatic nitrogens is 3. The van der Waals surface area contributed by atoms with Crippen molar-refractivity contribution in [1.82, 2.24) is 20.5 Å². The van der Waals surface area contributed by atoms with Gasteiger partial charge in [-0.2, -0.15) is 18.6 Å². The van der Waals surface area contributed by atoms with Crippen LogP contribution in [0.25, 0.3) is 10.9 Å². The van der Waals surface area contributed by atoms with Crippen LogP contribution in [0.15, 0.2) is 60.8 Å². The summed E-state index contributed by atoms with van der Waals surface area (Å²) in [6, 6.07) is 15.6. The molecule has 0 fully saturated rings. The summed E-state index contributed by atoms with van der Waals surface area (Å²) in [6.45, 7) is 1.53. The van der Waals surface area contributed by atoms with E-state index in [2.05, 4.69) is 33.0 Å². The van der Waals surface area contributed by atoms with Crippen LogP contribution in [0.2, 0.25) is 0 Å². The number of carbonyl (C=O) groups is 2. The number of aliphatic carboxylic acids is 1. The van der Waals surface area contributed by atoms with Crippen molar-refractivity contribution in [3.05, 3.63) is 83.2 Å². The number of aromatic amines is 1. The number of benzene rings is 2. The molecule has 1 amide bonds. The van der Waals surface area contributed by atoms with E-state index in [1.165, 1.54) is 5.56 Å². The van der Waals surface area contributed by atoms with E-state index < -0.39 is 17.9 Å². The Morgan fingerprint density at radius 2 is 1.95 bits per heavy atom. The Morgan fingerprint density at radius 1 is 1.11 bits per heavy atom. The van der Waals surface area contributed by atoms with Gasteiger partial charge in [0.25, 0.3) is 5.91 Å². The molecule has 2 aromatic carbocycles. The zero-order valence-electron chi connectivity index (χ0n) is 20.9. The van der Waals surface area contributed by atoms with Crippen LogP contribution in [-0.4, -0.2) is 51.4 Å². The fraction of sp³-hybridized carbons (Fsp3) is 0.286. The first kappa shape index (κ1) is 27.0. The quantitative estimate of drug-likeness (QED) is 0.228. The van der Waals surface area contributed by atoms with Crippen molar-refractivity contribution in [3.63, 3.8) is 0 Å². The summed E-state index contributed by atoms with van der Waals surface area (Å²) in [7, 11) is 0. The topological polar surface area (TPSA) is 129 Å². The minimum absolute atomic E-state index is 0. The number of fused-ring (bicyclic) bond motifs is 2. The van der Waals surface area contributed by atoms with Gasteiger partial charge in [0.05, 0.1) is 18.3 Å². The molecule has 0 saturated carbocycles. The number of H-pyrrole nitrogens is 1. The first-order valence-electron chi connectivity index (χ1n) is 12.5. The number of carboxylic acids is 1. The fourth-order valence-electron chi connectivity index (χ4n) is 4.43. The lowest BCUT2D eigenvalue weighted by Gasteiger charge is -2.17. The Hall–Kier alpha value is -4.05. The standard InChI is InChI=1S/C28H29N5O4.H2S/c34-27(20-7-8-21-17-30-33-24(21)16-20)32-25(28(35)36)15-18-5-11-23(12-6-18)37-14-2-4-22-10-9-19-3-1-13-29-26(19)31-22;/h5-12,16-17,25H,1-4,13-15H2,(H,29,31)(H,30,33)(H,32,34)(H,35,36);1H2/t25-;/m0./s1. The van der Waals surface area contributed by atoms with E-state index in [1.54, 1.807) is 24.4 Å². The summed E-state index contributed by atoms with van der Waals surface area (Å²) in [6.07, 6.45) is 5.72. The lowest BCUT2D eigenvalue weighted by Crippen LogP contribution is -2.42. The molecule has 0 radical (unpaired) electrons. The van der Waals surface area contributed by atoms with Gasteiger partial charge in [0.1, 0.15) is 17.6 Å². The number of carbonyl (C=O) groups excluding carboxylic acids is 1. The molecule has 0 bridgehead atoms. The molecule has 0 saturated heterocycles. The fourth-order valence-corrected chi connectivity index (χ4v) is 4.43. The molecule has 0 spiro atoms. The maximum absolute atomic E-state index is 12.7. The van der Waals surface area contributed by atoms with E-state index in [9.17, 15) is 14.7 Å². The van der Waals surface area contributed by atoms with E-state index in [0.717, 1.165) is 54.7 Å². The van der Waals surface area contributed by atoms with Gasteiger partial charge in [0.15, 0.2) is 0 Å². The van der Waals surface area contributed by atoms with Crippen molar-refractivity contribution in [3.8, 4) is 5.75 Å². The maximum Gasteiger partial charge on any atom is 0.326 e. The summed E-state index contributed by atoms with van der Waals surface area (Å²) in [4.78, 5) is 29.2. The average molecular weight is 534 g/mol. The van der Waals surface area contributed by atoms with Gasteiger partial charge >= 0.3 is 5.97 Å². The molecule has 4 aromatic rings. The number of pyridine rings is 1. The Balaban J connectivity index is 0.00000336. The summed E-state index contributed by atoms with van der Waals surface area (Å²) in [5, 5.41) is 23.3. The smallest absolute Gasteiger partial charge is 0.326 e. The molecule has 10 heteroatoms. The molecule has 9 nitrogen and oxygen atoms in total. The molecule has 1 aliphatic heterocycles. The number of rotatable bonds is 10. The number of nitrogens with zero attached hydrogens (tertiary/aromatic N) is 2. The highest BCUT2D eigenvalue weighted by molar-refractivity contribution is 7.59. The second-order valence-electron chi connectivity index (χ2n) is 9.18. The Labute approximate surface area is 227 Å². The highest BCUT2D eigenvalue weighted by Gasteiger charge is 2.21. The van der Waals surface area contributed by atoms with Gasteiger partial charge in [-0.25, -0.2) is 9.78 Å². The summed E-state index contributed by atoms with van der Waals surface area (Å²) in [5.74, 6) is 0.179. The van der Waals surface area contributed by atoms with Crippen molar-refractivity contribution in [1.29, 1.82) is 0 Å². The Morgan fingerprint density at radius 3 is 2.76 bits per heavy atom. The van der Waals surface area contributed by atoms with Crippen LogP contribution in [0.3, 0.4) is 0 Å². The summed E-state index contributed by atoms with van der Waals surface area (Å²) < 4.78 is 5.86. The van der Waals surface area contributed by atoms with E-state index in [4.69, 9.17) is 9.72 Å². The number of carboxylic acid groups (broad SMARTS) is 1. The molecule has 0 unspecified atom stereocenters. The molecule has 198 valence electrons. The molecule has 1 aliphatic rings. The maximum atomic E-state index is 12.7. The highest BCUT2D eigenvalue weighted by atomic mass is 32.1. The second kappa shape index (κ2) is 12.5. The van der Waals surface area contributed by atoms with E-state index in [1.807, 2.05) is 24.3 Å². The monoisotopic (exact) mass is 533 g/mol. The van der Waals surface area contributed by atoms with Crippen molar-refractivity contribution in [2.24, 2.45) is 0 Å². The van der Waals surface area contributed by atoms with Gasteiger partial charge in [0, 0.05) is 29.6 Å². The number of nitrogens with one attached hydrogen (secondary N) is 3. The number of hydrogen-bond donors (Lipinski definition) is 4. The highest BCUT2D eigenvalue weighted by Crippen LogP contribution is 2.20. The van der Waals surface area contributed by atoms with E-state index >= 15 is 0 Å². The van der Waals surface area contributed by atoms with Gasteiger partial charge in [-0.1, -0.05) is 24.3 Å². The third-order valence-electron chi connectivity index (χ3n) is 6.47. The SMILES string of the molecule is O=C(N[C@@H](Cc1ccc(OCCCc2ccc3c(n2)NCCC3)cc1)C(=O)O)c1ccc2cn[nH]c2c1.S. The number of anilines is 1. The molecule has 0 aliphatic carbocycles. The van der Waals surface area contributed by atoms with Crippen LogP contribution >= 0.6 is 13.5 Å². The third-order valence-corrected chi connectivity index (χ3v) is 6.47. The first-order valence-corrected chi connectivity index (χ1v) is 12.5. The number of aryl methyl sites for hydroxylation is 2. The molecule has 5 rings (SSSR count). The summed E-state index contributed by atoms with van der Waals surface area (Å²) >= 11 is 0. The van der Waals surface area contributed by atoms with Gasteiger partial charge in [-0.3, -0.25) is 9.89 Å². The molecule has 4 N–H and O–H groups in total. The predicted molar refractivity (Wildman–Crippen MR) is 150 cm³/mol. The van der Waals surface area contributed by atoms with Crippen molar-refractivity contribution in [2.75, 3.05) is 18.5 Å². The van der Waals surface area contributed by atoms with Crippen LogP contribution in [-0.2, 0) is 24.1 Å². The van der Waals surface area contributed by atoms with Gasteiger partial charge in [0.2, 0.25) is 0 Å². The van der Waals surface area contributed by atoms with Crippen molar-refractivity contribution >= 4 is 42.1 Å². The molecular formula is C28H31N5O4S. The predicted octanol–water partition coefficient (Wildman–Crippen LogP) is 3.87. The molecule has 3 heterocycles. The lowest BCUT2D eigenvalue weighted by atomic mass is 10.0. The van der Waals surface area contributed by atoms with Gasteiger partial charge in [-0.05, 0) is 67.1 Å². The Kier molecular flexibility index (Phi) is 8.85. The third kappa shape index (κ3) is 6.63. The molecular weight excluding hydrogens is 502 g/mol. The van der Waals surface area contributed by atoms with Gasteiger partial charge in [-0.15, -0.1) is 0 Å². The van der Waals surface area contributed by atoms with Crippen molar-refractivity contribution < 1.29 is 19.4 Å². The average Bonchev–Trinajstić information content (AvgIpc) is 3.39. The van der Waals surface area contributed by atoms with Gasteiger partial charge < -0.3 is 20.5 Å². The van der Waals surface area contributed by atoms with Crippen LogP contribution in [0, 0.1) is 0 Å². The van der Waals surface area contributed by atoms with E-state index in [0.29, 0.717) is 23.4 Å². The van der Waals surface area contributed by atoms with Crippen LogP contribution < -0.4 is 15.4 Å². The van der Waals surface area contributed by atoms with Crippen LogP contribution in [0.1, 0.15) is 40.0 Å². The lowest BCUT2D eigenvalue weighted by molar-refractivity contribution is -0.139. The number of hydrogen-bond acceptors (Lipinski definition) is 6. The first-order chi connectivity index (χ1) is 18.0. The Bertz CT molecular complexity index is 1410. The van der Waals surface area contributed by atoms with Crippen LogP contribution in [0.4, 0.5) is 5.82 Å². The molecule has 1 atom stereocenters.